The minimum absolute atomic E-state index is 0.310. The molecule has 19 heavy (non-hydrogen) atoms. The zero-order valence-electron chi connectivity index (χ0n) is 10.5. The molecule has 0 saturated heterocycles. The minimum atomic E-state index is -0.435. The van der Waals surface area contributed by atoms with Gasteiger partial charge in [0.1, 0.15) is 11.6 Å². The van der Waals surface area contributed by atoms with Gasteiger partial charge in [-0.25, -0.2) is 8.78 Å². The number of hydrogen-bond acceptors (Lipinski definition) is 1. The maximum absolute atomic E-state index is 14.1. The summed E-state index contributed by atoms with van der Waals surface area (Å²) in [6.45, 7) is 3.40. The van der Waals surface area contributed by atoms with Gasteiger partial charge in [-0.2, -0.15) is 0 Å². The SMILES string of the molecule is CCNCc1ccc(-c2cc(F)ccc2Cl)c(F)c1. The second-order valence-corrected chi connectivity index (χ2v) is 4.63. The lowest BCUT2D eigenvalue weighted by molar-refractivity contribution is 0.622. The smallest absolute Gasteiger partial charge is 0.131 e. The summed E-state index contributed by atoms with van der Waals surface area (Å²) in [6.07, 6.45) is 0. The molecule has 0 bridgehead atoms. The van der Waals surface area contributed by atoms with Crippen LogP contribution >= 0.6 is 11.6 Å². The lowest BCUT2D eigenvalue weighted by Gasteiger charge is -2.08. The van der Waals surface area contributed by atoms with E-state index in [0.29, 0.717) is 22.7 Å². The van der Waals surface area contributed by atoms with Crippen LogP contribution in [-0.2, 0) is 6.54 Å². The molecule has 4 heteroatoms. The van der Waals surface area contributed by atoms with E-state index in [1.54, 1.807) is 6.07 Å². The molecule has 0 unspecified atom stereocenters. The fourth-order valence-electron chi connectivity index (χ4n) is 1.86. The molecule has 0 atom stereocenters. The van der Waals surface area contributed by atoms with Gasteiger partial charge in [-0.1, -0.05) is 30.7 Å². The molecule has 0 saturated carbocycles. The molecule has 1 nitrogen and oxygen atoms in total. The Morgan fingerprint density at radius 1 is 1.05 bits per heavy atom. The van der Waals surface area contributed by atoms with Crippen LogP contribution in [-0.4, -0.2) is 6.54 Å². The van der Waals surface area contributed by atoms with E-state index in [1.165, 1.54) is 24.3 Å². The first-order chi connectivity index (χ1) is 9.11. The molecule has 0 aliphatic carbocycles. The van der Waals surface area contributed by atoms with E-state index < -0.39 is 11.6 Å². The zero-order valence-corrected chi connectivity index (χ0v) is 11.3. The first-order valence-corrected chi connectivity index (χ1v) is 6.44. The Balaban J connectivity index is 2.37. The van der Waals surface area contributed by atoms with Crippen molar-refractivity contribution in [2.75, 3.05) is 6.54 Å². The number of rotatable bonds is 4. The third-order valence-electron chi connectivity index (χ3n) is 2.83. The summed E-state index contributed by atoms with van der Waals surface area (Å²) in [5.74, 6) is -0.835. The van der Waals surface area contributed by atoms with Gasteiger partial charge >= 0.3 is 0 Å². The second-order valence-electron chi connectivity index (χ2n) is 4.22. The molecule has 0 aliphatic rings. The molecule has 0 aliphatic heterocycles. The molecule has 0 radical (unpaired) electrons. The van der Waals surface area contributed by atoms with Crippen LogP contribution < -0.4 is 5.32 Å². The Morgan fingerprint density at radius 2 is 1.84 bits per heavy atom. The van der Waals surface area contributed by atoms with Gasteiger partial charge in [-0.3, -0.25) is 0 Å². The van der Waals surface area contributed by atoms with Crippen LogP contribution in [0, 0.1) is 11.6 Å². The molecule has 1 N–H and O–H groups in total. The average Bonchev–Trinajstić information content (AvgIpc) is 2.40. The minimum Gasteiger partial charge on any atom is -0.313 e. The fraction of sp³-hybridized carbons (Fsp3) is 0.200. The lowest BCUT2D eigenvalue weighted by atomic mass is 10.0. The molecule has 0 aromatic heterocycles. The number of halogens is 3. The highest BCUT2D eigenvalue weighted by Gasteiger charge is 2.10. The van der Waals surface area contributed by atoms with Crippen LogP contribution in [0.25, 0.3) is 11.1 Å². The third kappa shape index (κ3) is 3.31. The van der Waals surface area contributed by atoms with Crippen molar-refractivity contribution in [2.45, 2.75) is 13.5 Å². The molecule has 0 amide bonds. The summed E-state index contributed by atoms with van der Waals surface area (Å²) in [6, 6.07) is 8.80. The van der Waals surface area contributed by atoms with E-state index in [0.717, 1.165) is 12.1 Å². The molecule has 0 fully saturated rings. The van der Waals surface area contributed by atoms with Gasteiger partial charge in [-0.05, 0) is 36.4 Å². The Kier molecular flexibility index (Phi) is 4.51. The lowest BCUT2D eigenvalue weighted by Crippen LogP contribution is -2.11. The molecular weight excluding hydrogens is 268 g/mol. The van der Waals surface area contributed by atoms with Crippen LogP contribution in [0.2, 0.25) is 5.02 Å². The van der Waals surface area contributed by atoms with Gasteiger partial charge in [0.25, 0.3) is 0 Å². The van der Waals surface area contributed by atoms with Crippen LogP contribution in [0.15, 0.2) is 36.4 Å². The second kappa shape index (κ2) is 6.13. The van der Waals surface area contributed by atoms with Crippen molar-refractivity contribution in [1.29, 1.82) is 0 Å². The van der Waals surface area contributed by atoms with E-state index in [1.807, 2.05) is 13.0 Å². The monoisotopic (exact) mass is 281 g/mol. The Bertz CT molecular complexity index is 584. The first kappa shape index (κ1) is 14.0. The molecule has 0 spiro atoms. The summed E-state index contributed by atoms with van der Waals surface area (Å²) in [7, 11) is 0. The number of benzene rings is 2. The molecule has 0 heterocycles. The van der Waals surface area contributed by atoms with Crippen LogP contribution in [0.4, 0.5) is 8.78 Å². The van der Waals surface area contributed by atoms with Crippen molar-refractivity contribution >= 4 is 11.6 Å². The van der Waals surface area contributed by atoms with Crippen LogP contribution in [0.3, 0.4) is 0 Å². The third-order valence-corrected chi connectivity index (χ3v) is 3.16. The van der Waals surface area contributed by atoms with E-state index in [-0.39, 0.29) is 0 Å². The topological polar surface area (TPSA) is 12.0 Å². The van der Waals surface area contributed by atoms with Crippen molar-refractivity contribution < 1.29 is 8.78 Å². The molecule has 100 valence electrons. The van der Waals surface area contributed by atoms with Crippen LogP contribution in [0.1, 0.15) is 12.5 Å². The largest absolute Gasteiger partial charge is 0.313 e. The zero-order chi connectivity index (χ0) is 13.8. The van der Waals surface area contributed by atoms with E-state index in [9.17, 15) is 8.78 Å². The Labute approximate surface area is 116 Å². The highest BCUT2D eigenvalue weighted by Crippen LogP contribution is 2.30. The van der Waals surface area contributed by atoms with Gasteiger partial charge in [0, 0.05) is 22.7 Å². The van der Waals surface area contributed by atoms with Crippen molar-refractivity contribution in [3.05, 3.63) is 58.6 Å². The molecule has 2 rings (SSSR count). The Morgan fingerprint density at radius 3 is 2.53 bits per heavy atom. The van der Waals surface area contributed by atoms with Gasteiger partial charge in [0.15, 0.2) is 0 Å². The standard InChI is InChI=1S/C15H14ClF2N/c1-2-19-9-10-3-5-12(15(18)7-10)13-8-11(17)4-6-14(13)16/h3-8,19H,2,9H2,1H3. The van der Waals surface area contributed by atoms with E-state index in [4.69, 9.17) is 11.6 Å². The van der Waals surface area contributed by atoms with Gasteiger partial charge in [0.05, 0.1) is 0 Å². The summed E-state index contributed by atoms with van der Waals surface area (Å²) in [4.78, 5) is 0. The summed E-state index contributed by atoms with van der Waals surface area (Å²) in [5, 5.41) is 3.45. The van der Waals surface area contributed by atoms with Crippen molar-refractivity contribution in [1.82, 2.24) is 5.32 Å². The molecule has 2 aromatic carbocycles. The quantitative estimate of drug-likeness (QED) is 0.876. The predicted octanol–water partition coefficient (Wildman–Crippen LogP) is 4.39. The van der Waals surface area contributed by atoms with Crippen molar-refractivity contribution in [3.63, 3.8) is 0 Å². The summed E-state index contributed by atoms with van der Waals surface area (Å²) < 4.78 is 27.3. The fourth-order valence-corrected chi connectivity index (χ4v) is 2.08. The Hall–Kier alpha value is -1.45. The van der Waals surface area contributed by atoms with Crippen molar-refractivity contribution in [2.24, 2.45) is 0 Å². The summed E-state index contributed by atoms with van der Waals surface area (Å²) >= 11 is 5.98. The average molecular weight is 282 g/mol. The van der Waals surface area contributed by atoms with E-state index >= 15 is 0 Å². The first-order valence-electron chi connectivity index (χ1n) is 6.06. The van der Waals surface area contributed by atoms with Crippen LogP contribution in [0.5, 0.6) is 0 Å². The molecular formula is C15H14ClF2N. The van der Waals surface area contributed by atoms with Gasteiger partial charge < -0.3 is 5.32 Å². The number of hydrogen-bond donors (Lipinski definition) is 1. The van der Waals surface area contributed by atoms with E-state index in [2.05, 4.69) is 5.32 Å². The summed E-state index contributed by atoms with van der Waals surface area (Å²) in [5.41, 5.74) is 1.52. The number of nitrogens with one attached hydrogen (secondary N) is 1. The van der Waals surface area contributed by atoms with Gasteiger partial charge in [-0.15, -0.1) is 0 Å². The highest BCUT2D eigenvalue weighted by molar-refractivity contribution is 6.33. The highest BCUT2D eigenvalue weighted by atomic mass is 35.5. The predicted molar refractivity (Wildman–Crippen MR) is 74.2 cm³/mol. The van der Waals surface area contributed by atoms with Gasteiger partial charge in [0.2, 0.25) is 0 Å². The molecule has 2 aromatic rings. The normalized spacial score (nSPS) is 10.7. The van der Waals surface area contributed by atoms with Crippen molar-refractivity contribution in [3.8, 4) is 11.1 Å². The maximum Gasteiger partial charge on any atom is 0.131 e. The maximum atomic E-state index is 14.1.